The summed E-state index contributed by atoms with van der Waals surface area (Å²) in [6, 6.07) is 4.91. The highest BCUT2D eigenvalue weighted by atomic mass is 79.9. The molecule has 2 rings (SSSR count). The number of phenolic OH excluding ortho intramolecular Hbond substituents is 1. The molecule has 18 heavy (non-hydrogen) atoms. The number of carbonyl (C=O) groups is 1. The molecule has 0 spiro atoms. The van der Waals surface area contributed by atoms with Crippen LogP contribution in [-0.2, 0) is 6.42 Å². The molecule has 0 saturated carbocycles. The van der Waals surface area contributed by atoms with E-state index in [1.54, 1.807) is 25.1 Å². The second kappa shape index (κ2) is 4.57. The average Bonchev–Trinajstić information content (AvgIpc) is 2.32. The van der Waals surface area contributed by atoms with Crippen LogP contribution in [0.2, 0.25) is 0 Å². The van der Waals surface area contributed by atoms with Crippen molar-refractivity contribution in [1.82, 2.24) is 0 Å². The molecule has 0 aromatic heterocycles. The standard InChI is InChI=1S/C13H10BrFO3/c1-2-7-9-5-6(14)3-4-8(9)12(16)11(15)10(7)13(17)18/h3-5,16H,2H2,1H3,(H,17,18). The van der Waals surface area contributed by atoms with E-state index in [4.69, 9.17) is 5.11 Å². The number of hydrogen-bond acceptors (Lipinski definition) is 2. The summed E-state index contributed by atoms with van der Waals surface area (Å²) in [4.78, 5) is 11.1. The number of rotatable bonds is 2. The fourth-order valence-corrected chi connectivity index (χ4v) is 2.43. The molecular weight excluding hydrogens is 303 g/mol. The van der Waals surface area contributed by atoms with E-state index in [1.165, 1.54) is 0 Å². The van der Waals surface area contributed by atoms with Gasteiger partial charge in [-0.15, -0.1) is 0 Å². The fraction of sp³-hybridized carbons (Fsp3) is 0.154. The molecule has 0 unspecified atom stereocenters. The largest absolute Gasteiger partial charge is 0.504 e. The van der Waals surface area contributed by atoms with Crippen LogP contribution in [0.15, 0.2) is 22.7 Å². The third-order valence-electron chi connectivity index (χ3n) is 2.86. The first-order chi connectivity index (χ1) is 8.47. The molecule has 5 heteroatoms. The SMILES string of the molecule is CCc1c(C(=O)O)c(F)c(O)c2ccc(Br)cc12. The maximum Gasteiger partial charge on any atom is 0.339 e. The molecule has 2 aromatic carbocycles. The number of phenols is 1. The Morgan fingerprint density at radius 3 is 2.61 bits per heavy atom. The molecule has 94 valence electrons. The Hall–Kier alpha value is -1.62. The summed E-state index contributed by atoms with van der Waals surface area (Å²) in [5.74, 6) is -3.07. The number of aromatic hydroxyl groups is 1. The van der Waals surface area contributed by atoms with Crippen LogP contribution in [0, 0.1) is 5.82 Å². The lowest BCUT2D eigenvalue weighted by Gasteiger charge is -2.12. The van der Waals surface area contributed by atoms with Gasteiger partial charge in [0, 0.05) is 9.86 Å². The number of carboxylic acid groups (broad SMARTS) is 1. The van der Waals surface area contributed by atoms with Gasteiger partial charge in [-0.25, -0.2) is 9.18 Å². The maximum absolute atomic E-state index is 13.9. The number of aryl methyl sites for hydroxylation is 1. The lowest BCUT2D eigenvalue weighted by molar-refractivity contribution is 0.0690. The summed E-state index contributed by atoms with van der Waals surface area (Å²) in [7, 11) is 0. The van der Waals surface area contributed by atoms with Gasteiger partial charge < -0.3 is 10.2 Å². The number of halogens is 2. The Labute approximate surface area is 111 Å². The molecule has 0 amide bonds. The highest BCUT2D eigenvalue weighted by Gasteiger charge is 2.23. The van der Waals surface area contributed by atoms with Crippen molar-refractivity contribution >= 4 is 32.7 Å². The van der Waals surface area contributed by atoms with Gasteiger partial charge in [0.1, 0.15) is 5.56 Å². The van der Waals surface area contributed by atoms with Gasteiger partial charge in [-0.1, -0.05) is 22.9 Å². The molecule has 0 heterocycles. The van der Waals surface area contributed by atoms with Crippen molar-refractivity contribution in [2.24, 2.45) is 0 Å². The molecule has 0 aliphatic heterocycles. The zero-order valence-corrected chi connectivity index (χ0v) is 11.1. The summed E-state index contributed by atoms with van der Waals surface area (Å²) < 4.78 is 14.6. The normalized spacial score (nSPS) is 10.8. The van der Waals surface area contributed by atoms with Gasteiger partial charge in [-0.05, 0) is 35.6 Å². The summed E-state index contributed by atoms with van der Waals surface area (Å²) in [5.41, 5.74) is -0.0744. The van der Waals surface area contributed by atoms with E-state index in [9.17, 15) is 14.3 Å². The van der Waals surface area contributed by atoms with Crippen molar-refractivity contribution < 1.29 is 19.4 Å². The molecule has 2 N–H and O–H groups in total. The lowest BCUT2D eigenvalue weighted by atomic mass is 9.95. The number of carboxylic acids is 1. The third kappa shape index (κ3) is 1.84. The van der Waals surface area contributed by atoms with Gasteiger partial charge in [0.15, 0.2) is 11.6 Å². The number of benzene rings is 2. The van der Waals surface area contributed by atoms with Crippen molar-refractivity contribution in [3.05, 3.63) is 39.6 Å². The number of aromatic carboxylic acids is 1. The molecule has 0 aliphatic rings. The van der Waals surface area contributed by atoms with Crippen molar-refractivity contribution in [2.75, 3.05) is 0 Å². The predicted octanol–water partition coefficient (Wildman–Crippen LogP) is 3.71. The smallest absolute Gasteiger partial charge is 0.339 e. The molecule has 2 aromatic rings. The van der Waals surface area contributed by atoms with Crippen LogP contribution in [-0.4, -0.2) is 16.2 Å². The minimum absolute atomic E-state index is 0.317. The Morgan fingerprint density at radius 1 is 1.39 bits per heavy atom. The van der Waals surface area contributed by atoms with Gasteiger partial charge >= 0.3 is 5.97 Å². The van der Waals surface area contributed by atoms with Crippen LogP contribution in [0.4, 0.5) is 4.39 Å². The number of fused-ring (bicyclic) bond motifs is 1. The molecule has 0 aliphatic carbocycles. The molecule has 3 nitrogen and oxygen atoms in total. The molecule has 0 atom stereocenters. The Kier molecular flexibility index (Phi) is 3.26. The first-order valence-electron chi connectivity index (χ1n) is 5.33. The zero-order valence-electron chi connectivity index (χ0n) is 9.50. The van der Waals surface area contributed by atoms with Gasteiger partial charge in [-0.3, -0.25) is 0 Å². The van der Waals surface area contributed by atoms with E-state index in [0.717, 1.165) is 4.47 Å². The highest BCUT2D eigenvalue weighted by Crippen LogP contribution is 2.36. The van der Waals surface area contributed by atoms with Gasteiger partial charge in [0.05, 0.1) is 0 Å². The van der Waals surface area contributed by atoms with Crippen LogP contribution in [0.3, 0.4) is 0 Å². The molecule has 0 bridgehead atoms. The van der Waals surface area contributed by atoms with Crippen LogP contribution in [0.25, 0.3) is 10.8 Å². The minimum Gasteiger partial charge on any atom is -0.504 e. The second-order valence-corrected chi connectivity index (χ2v) is 4.78. The summed E-state index contributed by atoms with van der Waals surface area (Å²) >= 11 is 3.28. The maximum atomic E-state index is 13.9. The topological polar surface area (TPSA) is 57.5 Å². The summed E-state index contributed by atoms with van der Waals surface area (Å²) in [6.45, 7) is 1.75. The monoisotopic (exact) mass is 312 g/mol. The molecule has 0 saturated heterocycles. The molecule has 0 radical (unpaired) electrons. The Balaban J connectivity index is 3.02. The second-order valence-electron chi connectivity index (χ2n) is 3.86. The first-order valence-corrected chi connectivity index (χ1v) is 6.12. The minimum atomic E-state index is -1.37. The first kappa shape index (κ1) is 12.8. The van der Waals surface area contributed by atoms with E-state index in [1.807, 2.05) is 0 Å². The van der Waals surface area contributed by atoms with E-state index in [-0.39, 0.29) is 0 Å². The van der Waals surface area contributed by atoms with Crippen molar-refractivity contribution in [3.63, 3.8) is 0 Å². The Bertz CT molecular complexity index is 652. The van der Waals surface area contributed by atoms with Crippen molar-refractivity contribution in [3.8, 4) is 5.75 Å². The molecular formula is C13H10BrFO3. The highest BCUT2D eigenvalue weighted by molar-refractivity contribution is 9.10. The van der Waals surface area contributed by atoms with Crippen molar-refractivity contribution in [1.29, 1.82) is 0 Å². The average molecular weight is 313 g/mol. The predicted molar refractivity (Wildman–Crippen MR) is 69.6 cm³/mol. The third-order valence-corrected chi connectivity index (χ3v) is 3.35. The van der Waals surface area contributed by atoms with E-state index in [0.29, 0.717) is 22.8 Å². The summed E-state index contributed by atoms with van der Waals surface area (Å²) in [6.07, 6.45) is 0.367. The van der Waals surface area contributed by atoms with Crippen LogP contribution < -0.4 is 0 Å². The van der Waals surface area contributed by atoms with Crippen LogP contribution >= 0.6 is 15.9 Å². The zero-order chi connectivity index (χ0) is 13.4. The summed E-state index contributed by atoms with van der Waals surface area (Å²) in [5, 5.41) is 19.7. The molecule has 0 fully saturated rings. The van der Waals surface area contributed by atoms with Crippen LogP contribution in [0.5, 0.6) is 5.75 Å². The lowest BCUT2D eigenvalue weighted by Crippen LogP contribution is -2.07. The van der Waals surface area contributed by atoms with Gasteiger partial charge in [0.25, 0.3) is 0 Å². The number of hydrogen-bond donors (Lipinski definition) is 2. The van der Waals surface area contributed by atoms with E-state index >= 15 is 0 Å². The fourth-order valence-electron chi connectivity index (χ4n) is 2.07. The quantitative estimate of drug-likeness (QED) is 0.888. The van der Waals surface area contributed by atoms with E-state index < -0.39 is 23.1 Å². The van der Waals surface area contributed by atoms with Crippen molar-refractivity contribution in [2.45, 2.75) is 13.3 Å². The van der Waals surface area contributed by atoms with Gasteiger partial charge in [-0.2, -0.15) is 0 Å². The van der Waals surface area contributed by atoms with E-state index in [2.05, 4.69) is 15.9 Å². The Morgan fingerprint density at radius 2 is 2.06 bits per heavy atom. The van der Waals surface area contributed by atoms with Gasteiger partial charge in [0.2, 0.25) is 0 Å². The van der Waals surface area contributed by atoms with Crippen LogP contribution in [0.1, 0.15) is 22.8 Å².